The largest absolute Gasteiger partial charge is 0.364 e. The predicted octanol–water partition coefficient (Wildman–Crippen LogP) is 2.21. The average molecular weight is 240 g/mol. The van der Waals surface area contributed by atoms with Crippen molar-refractivity contribution >= 4 is 11.0 Å². The standard InChI is InChI=1S/C14H12N2O2/c17-14(18)10-6-7-11-12(8-10)16-13(15-11)9-4-2-1-3-5-9/h1-8,14,17-18H,(H,15,16). The van der Waals surface area contributed by atoms with Crippen LogP contribution in [-0.2, 0) is 0 Å². The number of nitrogens with one attached hydrogen (secondary N) is 1. The van der Waals surface area contributed by atoms with E-state index < -0.39 is 6.29 Å². The van der Waals surface area contributed by atoms with E-state index in [1.807, 2.05) is 30.3 Å². The zero-order chi connectivity index (χ0) is 12.5. The third-order valence-corrected chi connectivity index (χ3v) is 2.85. The fourth-order valence-corrected chi connectivity index (χ4v) is 1.92. The van der Waals surface area contributed by atoms with Gasteiger partial charge in [0, 0.05) is 11.1 Å². The summed E-state index contributed by atoms with van der Waals surface area (Å²) in [4.78, 5) is 7.64. The van der Waals surface area contributed by atoms with Crippen molar-refractivity contribution in [1.29, 1.82) is 0 Å². The Morgan fingerprint density at radius 3 is 2.50 bits per heavy atom. The van der Waals surface area contributed by atoms with Gasteiger partial charge in [-0.05, 0) is 12.1 Å². The Bertz CT molecular complexity index is 675. The van der Waals surface area contributed by atoms with Gasteiger partial charge in [0.05, 0.1) is 11.0 Å². The molecule has 0 saturated heterocycles. The van der Waals surface area contributed by atoms with Crippen LogP contribution in [0.1, 0.15) is 11.9 Å². The molecule has 18 heavy (non-hydrogen) atoms. The molecule has 0 spiro atoms. The molecule has 0 bridgehead atoms. The van der Waals surface area contributed by atoms with Gasteiger partial charge in [0.15, 0.2) is 6.29 Å². The predicted molar refractivity (Wildman–Crippen MR) is 68.7 cm³/mol. The first-order valence-electron chi connectivity index (χ1n) is 5.65. The number of aromatic nitrogens is 2. The Hall–Kier alpha value is -2.17. The molecule has 0 aliphatic heterocycles. The zero-order valence-electron chi connectivity index (χ0n) is 9.54. The van der Waals surface area contributed by atoms with E-state index in [0.29, 0.717) is 5.56 Å². The number of hydrogen-bond donors (Lipinski definition) is 3. The van der Waals surface area contributed by atoms with Crippen molar-refractivity contribution < 1.29 is 10.2 Å². The summed E-state index contributed by atoms with van der Waals surface area (Å²) in [6, 6.07) is 14.9. The number of imidazole rings is 1. The first-order valence-corrected chi connectivity index (χ1v) is 5.65. The van der Waals surface area contributed by atoms with E-state index in [1.54, 1.807) is 18.2 Å². The first kappa shape index (κ1) is 11.0. The molecule has 90 valence electrons. The molecule has 0 radical (unpaired) electrons. The van der Waals surface area contributed by atoms with Gasteiger partial charge in [-0.3, -0.25) is 0 Å². The number of aromatic amines is 1. The molecule has 0 saturated carbocycles. The molecule has 0 fully saturated rings. The van der Waals surface area contributed by atoms with Crippen LogP contribution in [0.15, 0.2) is 48.5 Å². The van der Waals surface area contributed by atoms with E-state index in [2.05, 4.69) is 9.97 Å². The highest BCUT2D eigenvalue weighted by Crippen LogP contribution is 2.22. The summed E-state index contributed by atoms with van der Waals surface area (Å²) < 4.78 is 0. The van der Waals surface area contributed by atoms with Gasteiger partial charge < -0.3 is 15.2 Å². The SMILES string of the molecule is OC(O)c1ccc2nc(-c3ccccc3)[nH]c2c1. The molecule has 2 aromatic carbocycles. The molecular weight excluding hydrogens is 228 g/mol. The number of benzene rings is 2. The second-order valence-corrected chi connectivity index (χ2v) is 4.10. The smallest absolute Gasteiger partial charge is 0.178 e. The highest BCUT2D eigenvalue weighted by Gasteiger charge is 2.08. The van der Waals surface area contributed by atoms with Crippen molar-refractivity contribution in [1.82, 2.24) is 9.97 Å². The van der Waals surface area contributed by atoms with Crippen LogP contribution in [0.4, 0.5) is 0 Å². The molecule has 0 aliphatic carbocycles. The topological polar surface area (TPSA) is 69.1 Å². The normalized spacial score (nSPS) is 11.3. The maximum atomic E-state index is 9.13. The van der Waals surface area contributed by atoms with Crippen LogP contribution in [0.2, 0.25) is 0 Å². The molecule has 0 aliphatic rings. The minimum atomic E-state index is -1.46. The summed E-state index contributed by atoms with van der Waals surface area (Å²) in [5.74, 6) is 0.773. The number of rotatable bonds is 2. The van der Waals surface area contributed by atoms with Gasteiger partial charge in [0.1, 0.15) is 5.82 Å². The van der Waals surface area contributed by atoms with Gasteiger partial charge in [0.25, 0.3) is 0 Å². The van der Waals surface area contributed by atoms with Crippen molar-refractivity contribution in [2.24, 2.45) is 0 Å². The highest BCUT2D eigenvalue weighted by atomic mass is 16.5. The second-order valence-electron chi connectivity index (χ2n) is 4.10. The van der Waals surface area contributed by atoms with Crippen LogP contribution in [0.25, 0.3) is 22.4 Å². The van der Waals surface area contributed by atoms with Crippen LogP contribution in [0, 0.1) is 0 Å². The zero-order valence-corrected chi connectivity index (χ0v) is 9.54. The summed E-state index contributed by atoms with van der Waals surface area (Å²) >= 11 is 0. The molecule has 1 heterocycles. The Balaban J connectivity index is 2.11. The quantitative estimate of drug-likeness (QED) is 0.601. The number of nitrogens with zero attached hydrogens (tertiary/aromatic N) is 1. The van der Waals surface area contributed by atoms with Gasteiger partial charge in [0.2, 0.25) is 0 Å². The van der Waals surface area contributed by atoms with Crippen LogP contribution >= 0.6 is 0 Å². The first-order chi connectivity index (χ1) is 8.74. The summed E-state index contributed by atoms with van der Waals surface area (Å²) in [5.41, 5.74) is 3.04. The molecule has 0 unspecified atom stereocenters. The second kappa shape index (κ2) is 4.25. The fourth-order valence-electron chi connectivity index (χ4n) is 1.92. The minimum absolute atomic E-state index is 0.450. The summed E-state index contributed by atoms with van der Waals surface area (Å²) in [5, 5.41) is 18.3. The molecule has 3 N–H and O–H groups in total. The number of fused-ring (bicyclic) bond motifs is 1. The third kappa shape index (κ3) is 1.88. The van der Waals surface area contributed by atoms with Gasteiger partial charge in [-0.25, -0.2) is 4.98 Å². The van der Waals surface area contributed by atoms with E-state index in [-0.39, 0.29) is 0 Å². The molecule has 3 aromatic rings. The number of H-pyrrole nitrogens is 1. The Kier molecular flexibility index (Phi) is 2.59. The lowest BCUT2D eigenvalue weighted by Gasteiger charge is -2.01. The van der Waals surface area contributed by atoms with E-state index in [0.717, 1.165) is 22.4 Å². The molecular formula is C14H12N2O2. The van der Waals surface area contributed by atoms with E-state index >= 15 is 0 Å². The van der Waals surface area contributed by atoms with Crippen molar-refractivity contribution in [2.75, 3.05) is 0 Å². The van der Waals surface area contributed by atoms with Crippen LogP contribution < -0.4 is 0 Å². The maximum Gasteiger partial charge on any atom is 0.178 e. The van der Waals surface area contributed by atoms with Gasteiger partial charge >= 0.3 is 0 Å². The monoisotopic (exact) mass is 240 g/mol. The Labute approximate surface area is 104 Å². The summed E-state index contributed by atoms with van der Waals surface area (Å²) in [6.07, 6.45) is -1.46. The van der Waals surface area contributed by atoms with E-state index in [1.165, 1.54) is 0 Å². The van der Waals surface area contributed by atoms with Crippen LogP contribution in [0.5, 0.6) is 0 Å². The molecule has 1 aromatic heterocycles. The Morgan fingerprint density at radius 1 is 1.00 bits per heavy atom. The van der Waals surface area contributed by atoms with Crippen molar-refractivity contribution in [3.05, 3.63) is 54.1 Å². The maximum absolute atomic E-state index is 9.13. The van der Waals surface area contributed by atoms with Crippen molar-refractivity contribution in [2.45, 2.75) is 6.29 Å². The lowest BCUT2D eigenvalue weighted by molar-refractivity contribution is -0.0423. The van der Waals surface area contributed by atoms with Gasteiger partial charge in [-0.1, -0.05) is 36.4 Å². The third-order valence-electron chi connectivity index (χ3n) is 2.85. The molecule has 0 amide bonds. The van der Waals surface area contributed by atoms with Crippen molar-refractivity contribution in [3.8, 4) is 11.4 Å². The molecule has 4 heteroatoms. The van der Waals surface area contributed by atoms with E-state index in [9.17, 15) is 0 Å². The van der Waals surface area contributed by atoms with Crippen LogP contribution in [0.3, 0.4) is 0 Å². The molecule has 3 rings (SSSR count). The lowest BCUT2D eigenvalue weighted by atomic mass is 10.2. The Morgan fingerprint density at radius 2 is 1.78 bits per heavy atom. The average Bonchev–Trinajstić information content (AvgIpc) is 2.82. The lowest BCUT2D eigenvalue weighted by Crippen LogP contribution is -1.93. The van der Waals surface area contributed by atoms with Crippen LogP contribution in [-0.4, -0.2) is 20.2 Å². The van der Waals surface area contributed by atoms with E-state index in [4.69, 9.17) is 10.2 Å². The highest BCUT2D eigenvalue weighted by molar-refractivity contribution is 5.80. The summed E-state index contributed by atoms with van der Waals surface area (Å²) in [6.45, 7) is 0. The fraction of sp³-hybridized carbons (Fsp3) is 0.0714. The molecule has 0 atom stereocenters. The number of hydrogen-bond acceptors (Lipinski definition) is 3. The van der Waals surface area contributed by atoms with Crippen molar-refractivity contribution in [3.63, 3.8) is 0 Å². The number of aliphatic hydroxyl groups excluding tert-OH is 1. The number of aliphatic hydroxyl groups is 2. The molecule has 4 nitrogen and oxygen atoms in total. The minimum Gasteiger partial charge on any atom is -0.364 e. The van der Waals surface area contributed by atoms with Gasteiger partial charge in [-0.2, -0.15) is 0 Å². The van der Waals surface area contributed by atoms with Gasteiger partial charge in [-0.15, -0.1) is 0 Å². The summed E-state index contributed by atoms with van der Waals surface area (Å²) in [7, 11) is 0.